The Morgan fingerprint density at radius 3 is 0.878 bits per heavy atom. The first-order valence-corrected chi connectivity index (χ1v) is 22.1. The van der Waals surface area contributed by atoms with E-state index in [9.17, 15) is 130 Å². The first-order valence-electron chi connectivity index (χ1n) is 22.1. The number of carbonyl (C=O) groups is 3. The summed E-state index contributed by atoms with van der Waals surface area (Å²) in [5.41, 5.74) is -29.4. The predicted octanol–water partition coefficient (Wildman–Crippen LogP) is 13.6. The molecule has 1 aromatic heterocycles. The van der Waals surface area contributed by atoms with Crippen LogP contribution in [0.15, 0.2) is 133 Å². The van der Waals surface area contributed by atoms with Crippen LogP contribution in [0, 0.1) is 0 Å². The van der Waals surface area contributed by atoms with Gasteiger partial charge in [0, 0.05) is 23.1 Å². The number of ketones is 1. The van der Waals surface area contributed by atoms with Gasteiger partial charge in [0.05, 0.1) is 50.1 Å². The van der Waals surface area contributed by atoms with Crippen molar-refractivity contribution >= 4 is 56.6 Å². The molecule has 31 heteroatoms. The molecule has 82 heavy (non-hydrogen) atoms. The minimum absolute atomic E-state index is 0.0240. The number of carboxylic acids is 2. The summed E-state index contributed by atoms with van der Waals surface area (Å²) in [6.07, 6.45) is -54.8. The summed E-state index contributed by atoms with van der Waals surface area (Å²) >= 11 is 0. The van der Waals surface area contributed by atoms with Gasteiger partial charge < -0.3 is 10.2 Å². The Morgan fingerprint density at radius 2 is 0.622 bits per heavy atom. The number of benzene rings is 6. The SMILES string of the molecule is FC(F)(F)c1cc([B-](c2cc(C(F)(F)F)cc(C(F)(F)F)c2)(c2cc(C(F)(F)F)cc(C(F)(F)F)c2)c2cc(C(F)(F)F)cc(C(F)(F)F)c2)cc(C(F)(F)F)c1.O=C(O)c1ccc2ccc(C(=O)O)[n+](CC(=O)c3ccccc3)c2c1. The van der Waals surface area contributed by atoms with Gasteiger partial charge in [-0.05, 0) is 42.5 Å². The molecule has 2 N–H and O–H groups in total. The number of pyridine rings is 1. The molecule has 0 aliphatic heterocycles. The number of hydrogen-bond donors (Lipinski definition) is 2. The highest BCUT2D eigenvalue weighted by atomic mass is 19.4. The van der Waals surface area contributed by atoms with E-state index in [4.69, 9.17) is 0 Å². The Labute approximate surface area is 441 Å². The van der Waals surface area contributed by atoms with Crippen molar-refractivity contribution in [3.8, 4) is 0 Å². The molecule has 0 aliphatic rings. The number of carboxylic acid groups (broad SMARTS) is 2. The van der Waals surface area contributed by atoms with Crippen molar-refractivity contribution in [1.82, 2.24) is 0 Å². The van der Waals surface area contributed by atoms with E-state index in [0.717, 1.165) is 0 Å². The zero-order chi connectivity index (χ0) is 61.9. The van der Waals surface area contributed by atoms with E-state index in [-0.39, 0.29) is 23.6 Å². The molecule has 0 unspecified atom stereocenters. The number of aromatic nitrogens is 1. The quantitative estimate of drug-likeness (QED) is 0.0650. The van der Waals surface area contributed by atoms with Crippen molar-refractivity contribution < 1.29 is 135 Å². The van der Waals surface area contributed by atoms with Crippen molar-refractivity contribution in [2.45, 2.75) is 56.0 Å². The van der Waals surface area contributed by atoms with E-state index in [0.29, 0.717) is 16.5 Å². The first kappa shape index (κ1) is 62.9. The van der Waals surface area contributed by atoms with E-state index in [2.05, 4.69) is 0 Å². The maximum Gasteiger partial charge on any atom is 0.416 e. The summed E-state index contributed by atoms with van der Waals surface area (Å²) in [6, 6.07) is 7.12. The standard InChI is InChI=1S/C32H12BF24.C19H13NO5/c34-25(35,36)13-1-14(26(37,38)39)6-21(5-13)33(22-7-15(27(40,41)42)2-16(8-22)28(43,44)45,23-9-17(29(46,47)48)3-18(10-23)30(49,50)51)24-11-19(31(52,53)54)4-20(12-24)32(55,56)57;21-17(13-4-2-1-3-5-13)11-20-15(19(24)25)9-8-12-6-7-14(18(22)23)10-16(12)20/h1-12H;1-10H,11H2,(H-,22,23,24,25)/q-1;/p+1. The van der Waals surface area contributed by atoms with Crippen molar-refractivity contribution in [3.05, 3.63) is 195 Å². The lowest BCUT2D eigenvalue weighted by atomic mass is 9.12. The zero-order valence-electron chi connectivity index (χ0n) is 39.6. The average molecular weight is 1200 g/mol. The fourth-order valence-electron chi connectivity index (χ4n) is 8.73. The summed E-state index contributed by atoms with van der Waals surface area (Å²) in [5, 5.41) is 19.3. The Hall–Kier alpha value is -8.28. The third-order valence-electron chi connectivity index (χ3n) is 12.3. The molecule has 7 aromatic rings. The molecule has 0 saturated heterocycles. The van der Waals surface area contributed by atoms with Gasteiger partial charge in [-0.3, -0.25) is 4.79 Å². The van der Waals surface area contributed by atoms with Crippen molar-refractivity contribution in [2.75, 3.05) is 0 Å². The molecule has 0 bridgehead atoms. The summed E-state index contributed by atoms with van der Waals surface area (Å²) < 4.78 is 342. The van der Waals surface area contributed by atoms with Crippen molar-refractivity contribution in [1.29, 1.82) is 0 Å². The number of hydrogen-bond acceptors (Lipinski definition) is 3. The molecule has 0 spiro atoms. The molecule has 436 valence electrons. The molecular formula is C51H26BF24NO5. The lowest BCUT2D eigenvalue weighted by molar-refractivity contribution is -0.659. The van der Waals surface area contributed by atoms with Gasteiger partial charge >= 0.3 is 61.3 Å². The number of rotatable bonds is 9. The van der Waals surface area contributed by atoms with Crippen LogP contribution < -0.4 is 26.4 Å². The summed E-state index contributed by atoms with van der Waals surface area (Å²) in [5.74, 6) is -2.58. The number of nitrogens with zero attached hydrogens (tertiary/aromatic N) is 1. The topological polar surface area (TPSA) is 95.5 Å². The van der Waals surface area contributed by atoms with E-state index in [1.165, 1.54) is 22.8 Å². The number of aromatic carboxylic acids is 2. The van der Waals surface area contributed by atoms with E-state index in [1.54, 1.807) is 42.5 Å². The lowest BCUT2D eigenvalue weighted by Gasteiger charge is -2.46. The number of fused-ring (bicyclic) bond motifs is 1. The van der Waals surface area contributed by atoms with Crippen LogP contribution in [0.1, 0.15) is 75.7 Å². The van der Waals surface area contributed by atoms with Crippen LogP contribution in [-0.2, 0) is 56.0 Å². The van der Waals surface area contributed by atoms with Crippen LogP contribution >= 0.6 is 0 Å². The first-order chi connectivity index (χ1) is 37.2. The highest BCUT2D eigenvalue weighted by Crippen LogP contribution is 2.41. The Kier molecular flexibility index (Phi) is 16.5. The zero-order valence-corrected chi connectivity index (χ0v) is 39.6. The van der Waals surface area contributed by atoms with Gasteiger partial charge in [-0.2, -0.15) is 132 Å². The fraction of sp³-hybridized carbons (Fsp3) is 0.176. The van der Waals surface area contributed by atoms with Crippen LogP contribution in [0.3, 0.4) is 0 Å². The van der Waals surface area contributed by atoms with Gasteiger partial charge in [0.2, 0.25) is 17.8 Å². The largest absolute Gasteiger partial charge is 0.478 e. The maximum absolute atomic E-state index is 14.2. The molecule has 0 saturated carbocycles. The molecule has 0 radical (unpaired) electrons. The Balaban J connectivity index is 0.000000357. The van der Waals surface area contributed by atoms with E-state index < -0.39 is 207 Å². The highest BCUT2D eigenvalue weighted by molar-refractivity contribution is 7.20. The number of carbonyl (C=O) groups excluding carboxylic acids is 1. The van der Waals surface area contributed by atoms with Gasteiger partial charge in [0.15, 0.2) is 0 Å². The minimum Gasteiger partial charge on any atom is -0.478 e. The molecule has 1 heterocycles. The van der Waals surface area contributed by atoms with Crippen molar-refractivity contribution in [2.24, 2.45) is 0 Å². The molecule has 7 rings (SSSR count). The second-order valence-corrected chi connectivity index (χ2v) is 17.7. The summed E-state index contributed by atoms with van der Waals surface area (Å²) in [4.78, 5) is 35.3. The smallest absolute Gasteiger partial charge is 0.416 e. The van der Waals surface area contributed by atoms with Gasteiger partial charge in [0.1, 0.15) is 6.15 Å². The molecule has 6 nitrogen and oxygen atoms in total. The molecule has 0 aliphatic carbocycles. The molecule has 0 fully saturated rings. The monoisotopic (exact) mass is 1200 g/mol. The number of alkyl halides is 24. The third-order valence-corrected chi connectivity index (χ3v) is 12.3. The van der Waals surface area contributed by atoms with Gasteiger partial charge in [-0.1, -0.05) is 78.9 Å². The molecule has 6 aromatic carbocycles. The summed E-state index contributed by atoms with van der Waals surface area (Å²) in [7, 11) is 0. The fourth-order valence-corrected chi connectivity index (χ4v) is 8.73. The minimum atomic E-state index is -6.13. The van der Waals surface area contributed by atoms with Crippen molar-refractivity contribution in [3.63, 3.8) is 0 Å². The maximum atomic E-state index is 14.2. The number of Topliss-reactive ketones (excluding diaryl/α,β-unsaturated/α-hetero) is 1. The predicted molar refractivity (Wildman–Crippen MR) is 239 cm³/mol. The van der Waals surface area contributed by atoms with Crippen LogP contribution in [0.25, 0.3) is 10.9 Å². The second-order valence-electron chi connectivity index (χ2n) is 17.7. The second kappa shape index (κ2) is 21.6. The van der Waals surface area contributed by atoms with Crippen LogP contribution in [-0.4, -0.2) is 34.1 Å². The lowest BCUT2D eigenvalue weighted by Crippen LogP contribution is -2.75. The van der Waals surface area contributed by atoms with Gasteiger partial charge in [-0.25, -0.2) is 9.59 Å². The molecule has 0 atom stereocenters. The van der Waals surface area contributed by atoms with E-state index >= 15 is 0 Å². The Bertz CT molecular complexity index is 3150. The van der Waals surface area contributed by atoms with Gasteiger partial charge in [-0.15, -0.1) is 0 Å². The number of halogens is 24. The summed E-state index contributed by atoms with van der Waals surface area (Å²) in [6.45, 7) is -0.202. The Morgan fingerprint density at radius 1 is 0.341 bits per heavy atom. The normalized spacial score (nSPS) is 13.2. The van der Waals surface area contributed by atoms with Crippen LogP contribution in [0.4, 0.5) is 105 Å². The van der Waals surface area contributed by atoms with Gasteiger partial charge in [0.25, 0.3) is 5.69 Å². The van der Waals surface area contributed by atoms with Crippen LogP contribution in [0.5, 0.6) is 0 Å². The third kappa shape index (κ3) is 13.7. The highest BCUT2D eigenvalue weighted by Gasteiger charge is 2.47. The van der Waals surface area contributed by atoms with Crippen LogP contribution in [0.2, 0.25) is 0 Å². The van der Waals surface area contributed by atoms with E-state index in [1.807, 2.05) is 0 Å². The molecular weight excluding hydrogens is 1170 g/mol. The molecule has 0 amide bonds. The average Bonchev–Trinajstić information content (AvgIpc) is 3.53.